The number of benzene rings is 2. The van der Waals surface area contributed by atoms with Gasteiger partial charge in [-0.3, -0.25) is 0 Å². The molecule has 3 heteroatoms. The Morgan fingerprint density at radius 1 is 1.20 bits per heavy atom. The summed E-state index contributed by atoms with van der Waals surface area (Å²) in [5.74, 6) is 0.379. The van der Waals surface area contributed by atoms with Crippen molar-refractivity contribution >= 4 is 15.9 Å². The molecule has 1 aliphatic carbocycles. The average molecular weight is 335 g/mol. The molecule has 0 aliphatic heterocycles. The molecule has 2 aromatic carbocycles. The average Bonchev–Trinajstić information content (AvgIpc) is 3.28. The van der Waals surface area contributed by atoms with Crippen LogP contribution in [0.25, 0.3) is 0 Å². The van der Waals surface area contributed by atoms with Crippen LogP contribution >= 0.6 is 15.9 Å². The highest BCUT2D eigenvalue weighted by Crippen LogP contribution is 2.40. The molecule has 0 amide bonds. The molecule has 1 fully saturated rings. The molecule has 0 aromatic heterocycles. The maximum absolute atomic E-state index is 13.5. The third kappa shape index (κ3) is 2.94. The van der Waals surface area contributed by atoms with Crippen LogP contribution in [0.3, 0.4) is 0 Å². The number of aliphatic hydroxyl groups is 1. The number of hydrogen-bond donors (Lipinski definition) is 1. The fraction of sp³-hybridized carbons (Fsp3) is 0.294. The topological polar surface area (TPSA) is 20.2 Å². The lowest BCUT2D eigenvalue weighted by molar-refractivity contribution is 0.178. The van der Waals surface area contributed by atoms with E-state index in [0.717, 1.165) is 11.1 Å². The monoisotopic (exact) mass is 334 g/mol. The van der Waals surface area contributed by atoms with Gasteiger partial charge in [0.15, 0.2) is 0 Å². The Labute approximate surface area is 126 Å². The third-order valence-electron chi connectivity index (χ3n) is 3.79. The van der Waals surface area contributed by atoms with Crippen LogP contribution in [0.2, 0.25) is 0 Å². The number of aliphatic hydroxyl groups excluding tert-OH is 1. The van der Waals surface area contributed by atoms with Gasteiger partial charge in [0.1, 0.15) is 5.82 Å². The molecule has 0 spiro atoms. The Hall–Kier alpha value is -1.19. The summed E-state index contributed by atoms with van der Waals surface area (Å²) in [4.78, 5) is 0. The lowest BCUT2D eigenvalue weighted by Crippen LogP contribution is -2.03. The van der Waals surface area contributed by atoms with Crippen molar-refractivity contribution in [2.45, 2.75) is 31.3 Å². The lowest BCUT2D eigenvalue weighted by atomic mass is 9.98. The van der Waals surface area contributed by atoms with E-state index in [-0.39, 0.29) is 5.82 Å². The molecule has 1 aliphatic rings. The van der Waals surface area contributed by atoms with Crippen molar-refractivity contribution < 1.29 is 9.50 Å². The first-order chi connectivity index (χ1) is 9.65. The summed E-state index contributed by atoms with van der Waals surface area (Å²) in [6, 6.07) is 13.0. The first kappa shape index (κ1) is 13.8. The summed E-state index contributed by atoms with van der Waals surface area (Å²) >= 11 is 3.24. The van der Waals surface area contributed by atoms with Crippen LogP contribution in [-0.2, 0) is 6.42 Å². The molecule has 1 unspecified atom stereocenters. The van der Waals surface area contributed by atoms with Crippen LogP contribution in [0, 0.1) is 5.82 Å². The van der Waals surface area contributed by atoms with E-state index in [2.05, 4.69) is 28.1 Å². The number of rotatable bonds is 4. The summed E-state index contributed by atoms with van der Waals surface area (Å²) in [6.45, 7) is 0. The standard InChI is InChI=1S/C17H16BrFO/c18-17-14(5-2-6-15(17)19)10-16(20)13-4-1-3-12(9-13)11-7-8-11/h1-6,9,11,16,20H,7-8,10H2. The summed E-state index contributed by atoms with van der Waals surface area (Å²) in [5.41, 5.74) is 3.00. The Morgan fingerprint density at radius 3 is 2.70 bits per heavy atom. The van der Waals surface area contributed by atoms with Gasteiger partial charge >= 0.3 is 0 Å². The molecule has 1 saturated carbocycles. The van der Waals surface area contributed by atoms with Crippen LogP contribution in [0.15, 0.2) is 46.9 Å². The van der Waals surface area contributed by atoms with E-state index in [1.54, 1.807) is 6.07 Å². The minimum atomic E-state index is -0.605. The van der Waals surface area contributed by atoms with E-state index in [9.17, 15) is 9.50 Å². The Morgan fingerprint density at radius 2 is 1.95 bits per heavy atom. The van der Waals surface area contributed by atoms with Crippen molar-refractivity contribution in [2.75, 3.05) is 0 Å². The van der Waals surface area contributed by atoms with E-state index < -0.39 is 6.10 Å². The van der Waals surface area contributed by atoms with Gasteiger partial charge in [-0.05, 0) is 57.4 Å². The van der Waals surface area contributed by atoms with Gasteiger partial charge in [0, 0.05) is 6.42 Å². The van der Waals surface area contributed by atoms with Crippen LogP contribution < -0.4 is 0 Å². The second kappa shape index (κ2) is 5.66. The first-order valence-electron chi connectivity index (χ1n) is 6.86. The van der Waals surface area contributed by atoms with Gasteiger partial charge in [-0.15, -0.1) is 0 Å². The molecule has 2 aromatic rings. The van der Waals surface area contributed by atoms with Crippen molar-refractivity contribution in [1.82, 2.24) is 0 Å². The summed E-state index contributed by atoms with van der Waals surface area (Å²) in [6.07, 6.45) is 2.29. The summed E-state index contributed by atoms with van der Waals surface area (Å²) in [5, 5.41) is 10.4. The molecule has 104 valence electrons. The van der Waals surface area contributed by atoms with Gasteiger partial charge in [-0.25, -0.2) is 4.39 Å². The van der Waals surface area contributed by atoms with Crippen LogP contribution in [-0.4, -0.2) is 5.11 Å². The number of hydrogen-bond acceptors (Lipinski definition) is 1. The van der Waals surface area contributed by atoms with E-state index in [1.165, 1.54) is 24.5 Å². The highest BCUT2D eigenvalue weighted by molar-refractivity contribution is 9.10. The number of halogens is 2. The van der Waals surface area contributed by atoms with Gasteiger partial charge in [-0.2, -0.15) is 0 Å². The molecule has 1 nitrogen and oxygen atoms in total. The maximum atomic E-state index is 13.5. The zero-order valence-corrected chi connectivity index (χ0v) is 12.6. The highest BCUT2D eigenvalue weighted by Gasteiger charge is 2.24. The summed E-state index contributed by atoms with van der Waals surface area (Å²) in [7, 11) is 0. The van der Waals surface area contributed by atoms with E-state index in [4.69, 9.17) is 0 Å². The van der Waals surface area contributed by atoms with Crippen molar-refractivity contribution in [3.8, 4) is 0 Å². The van der Waals surface area contributed by atoms with Crippen molar-refractivity contribution in [3.05, 3.63) is 69.4 Å². The van der Waals surface area contributed by atoms with E-state index >= 15 is 0 Å². The fourth-order valence-corrected chi connectivity index (χ4v) is 2.90. The van der Waals surface area contributed by atoms with Gasteiger partial charge in [-0.1, -0.05) is 36.4 Å². The predicted molar refractivity (Wildman–Crippen MR) is 81.2 cm³/mol. The molecule has 20 heavy (non-hydrogen) atoms. The van der Waals surface area contributed by atoms with Gasteiger partial charge in [0.2, 0.25) is 0 Å². The minimum Gasteiger partial charge on any atom is -0.388 e. The molecule has 1 atom stereocenters. The zero-order valence-electron chi connectivity index (χ0n) is 11.0. The largest absolute Gasteiger partial charge is 0.388 e. The molecule has 0 bridgehead atoms. The normalized spacial score (nSPS) is 16.1. The van der Waals surface area contributed by atoms with Crippen molar-refractivity contribution in [3.63, 3.8) is 0 Å². The first-order valence-corrected chi connectivity index (χ1v) is 7.65. The summed E-state index contributed by atoms with van der Waals surface area (Å²) < 4.78 is 13.9. The molecule has 3 rings (SSSR count). The van der Waals surface area contributed by atoms with Gasteiger partial charge in [0.25, 0.3) is 0 Å². The molecule has 0 saturated heterocycles. The predicted octanol–water partition coefficient (Wildman–Crippen LogP) is 4.74. The SMILES string of the molecule is OC(Cc1cccc(F)c1Br)c1cccc(C2CC2)c1. The lowest BCUT2D eigenvalue weighted by Gasteiger charge is -2.14. The molecule has 0 radical (unpaired) electrons. The van der Waals surface area contributed by atoms with Gasteiger partial charge in [0.05, 0.1) is 10.6 Å². The fourth-order valence-electron chi connectivity index (χ4n) is 2.47. The third-order valence-corrected chi connectivity index (χ3v) is 4.68. The maximum Gasteiger partial charge on any atom is 0.137 e. The molecular formula is C17H16BrFO. The second-order valence-electron chi connectivity index (χ2n) is 5.38. The van der Waals surface area contributed by atoms with E-state index in [0.29, 0.717) is 16.8 Å². The molecule has 1 N–H and O–H groups in total. The Bertz CT molecular complexity index is 622. The van der Waals surface area contributed by atoms with Gasteiger partial charge < -0.3 is 5.11 Å². The van der Waals surface area contributed by atoms with Crippen LogP contribution in [0.5, 0.6) is 0 Å². The van der Waals surface area contributed by atoms with Crippen molar-refractivity contribution in [1.29, 1.82) is 0 Å². The van der Waals surface area contributed by atoms with Crippen molar-refractivity contribution in [2.24, 2.45) is 0 Å². The Balaban J connectivity index is 1.80. The van der Waals surface area contributed by atoms with E-state index in [1.807, 2.05) is 18.2 Å². The molecule has 0 heterocycles. The highest BCUT2D eigenvalue weighted by atomic mass is 79.9. The minimum absolute atomic E-state index is 0.290. The smallest absolute Gasteiger partial charge is 0.137 e. The Kier molecular flexibility index (Phi) is 3.90. The zero-order chi connectivity index (χ0) is 14.1. The molecular weight excluding hydrogens is 319 g/mol. The van der Waals surface area contributed by atoms with Crippen LogP contribution in [0.1, 0.15) is 41.6 Å². The quantitative estimate of drug-likeness (QED) is 0.855. The second-order valence-corrected chi connectivity index (χ2v) is 6.17. The van der Waals surface area contributed by atoms with Crippen LogP contribution in [0.4, 0.5) is 4.39 Å².